The normalized spacial score (nSPS) is 11.9. The molecule has 2 amide bonds. The van der Waals surface area contributed by atoms with Gasteiger partial charge in [0.1, 0.15) is 0 Å². The van der Waals surface area contributed by atoms with Crippen LogP contribution in [0.15, 0.2) is 85.5 Å². The van der Waals surface area contributed by atoms with E-state index >= 15 is 0 Å². The van der Waals surface area contributed by atoms with E-state index in [0.29, 0.717) is 0 Å². The molecule has 0 radical (unpaired) electrons. The number of nitrogens with one attached hydrogen (secondary N) is 2. The lowest BCUT2D eigenvalue weighted by Crippen LogP contribution is -2.31. The van der Waals surface area contributed by atoms with Gasteiger partial charge in [0.25, 0.3) is 0 Å². The Morgan fingerprint density at radius 1 is 1.04 bits per heavy atom. The van der Waals surface area contributed by atoms with Crippen LogP contribution in [0.4, 0.5) is 10.5 Å². The monoisotopic (exact) mass is 370 g/mol. The number of aromatic nitrogens is 2. The van der Waals surface area contributed by atoms with Gasteiger partial charge in [-0.05, 0) is 47.0 Å². The number of carbonyl (C=O) groups is 1. The van der Waals surface area contributed by atoms with Gasteiger partial charge in [-0.1, -0.05) is 48.5 Å². The van der Waals surface area contributed by atoms with Gasteiger partial charge in [-0.2, -0.15) is 0 Å². The van der Waals surface area contributed by atoms with Crippen molar-refractivity contribution in [1.82, 2.24) is 14.9 Å². The van der Waals surface area contributed by atoms with Crippen molar-refractivity contribution in [2.24, 2.45) is 0 Å². The zero-order valence-electron chi connectivity index (χ0n) is 15.7. The largest absolute Gasteiger partial charge is 0.333 e. The number of benzene rings is 3. The van der Waals surface area contributed by atoms with Crippen LogP contribution in [0.3, 0.4) is 0 Å². The van der Waals surface area contributed by atoms with E-state index in [0.717, 1.165) is 23.4 Å². The van der Waals surface area contributed by atoms with Crippen LogP contribution in [0.5, 0.6) is 0 Å². The molecule has 0 aliphatic heterocycles. The Hall–Kier alpha value is -3.60. The first-order valence-corrected chi connectivity index (χ1v) is 9.28. The Morgan fingerprint density at radius 2 is 1.82 bits per heavy atom. The number of fused-ring (bicyclic) bond motifs is 1. The number of urea groups is 1. The van der Waals surface area contributed by atoms with Crippen LogP contribution in [0.1, 0.15) is 24.1 Å². The van der Waals surface area contributed by atoms with Crippen molar-refractivity contribution in [3.05, 3.63) is 96.6 Å². The average Bonchev–Trinajstić information content (AvgIpc) is 3.22. The smallest absolute Gasteiger partial charge is 0.319 e. The molecule has 1 atom stereocenters. The Bertz CT molecular complexity index is 1070. The molecule has 2 N–H and O–H groups in total. The SMILES string of the molecule is CC(NC(=O)Nc1ccc(Cn2ccnc2)cc1)c1ccc2ccccc2c1. The number of hydrogen-bond acceptors (Lipinski definition) is 2. The minimum Gasteiger partial charge on any atom is -0.333 e. The average molecular weight is 370 g/mol. The molecule has 5 nitrogen and oxygen atoms in total. The third-order valence-electron chi connectivity index (χ3n) is 4.76. The van der Waals surface area contributed by atoms with Crippen molar-refractivity contribution in [3.63, 3.8) is 0 Å². The predicted molar refractivity (Wildman–Crippen MR) is 112 cm³/mol. The Morgan fingerprint density at radius 3 is 2.57 bits per heavy atom. The summed E-state index contributed by atoms with van der Waals surface area (Å²) >= 11 is 0. The minimum atomic E-state index is -0.219. The minimum absolute atomic E-state index is 0.0925. The third kappa shape index (κ3) is 4.20. The fourth-order valence-corrected chi connectivity index (χ4v) is 3.21. The molecule has 1 unspecified atom stereocenters. The maximum atomic E-state index is 12.4. The first kappa shape index (κ1) is 17.8. The molecular formula is C23H22N4O. The summed E-state index contributed by atoms with van der Waals surface area (Å²) in [6.07, 6.45) is 5.47. The summed E-state index contributed by atoms with van der Waals surface area (Å²) < 4.78 is 2.00. The van der Waals surface area contributed by atoms with Crippen molar-refractivity contribution >= 4 is 22.5 Å². The lowest BCUT2D eigenvalue weighted by molar-refractivity contribution is 0.249. The quantitative estimate of drug-likeness (QED) is 0.521. The van der Waals surface area contributed by atoms with Crippen LogP contribution in [-0.4, -0.2) is 15.6 Å². The molecule has 0 spiro atoms. The summed E-state index contributed by atoms with van der Waals surface area (Å²) in [6, 6.07) is 22.0. The highest BCUT2D eigenvalue weighted by atomic mass is 16.2. The zero-order valence-corrected chi connectivity index (χ0v) is 15.7. The van der Waals surface area contributed by atoms with Crippen molar-refractivity contribution in [2.45, 2.75) is 19.5 Å². The second kappa shape index (κ2) is 7.96. The molecule has 0 fully saturated rings. The molecule has 0 aliphatic carbocycles. The van der Waals surface area contributed by atoms with Gasteiger partial charge in [-0.25, -0.2) is 9.78 Å². The summed E-state index contributed by atoms with van der Waals surface area (Å²) in [4.78, 5) is 16.4. The predicted octanol–water partition coefficient (Wildman–Crippen LogP) is 4.97. The van der Waals surface area contributed by atoms with E-state index in [9.17, 15) is 4.79 Å². The molecule has 28 heavy (non-hydrogen) atoms. The Labute approximate surface area is 164 Å². The Balaban J connectivity index is 1.36. The van der Waals surface area contributed by atoms with E-state index in [-0.39, 0.29) is 12.1 Å². The molecule has 1 heterocycles. The molecule has 140 valence electrons. The van der Waals surface area contributed by atoms with Gasteiger partial charge >= 0.3 is 6.03 Å². The number of rotatable bonds is 5. The number of anilines is 1. The van der Waals surface area contributed by atoms with E-state index < -0.39 is 0 Å². The molecule has 0 saturated heterocycles. The van der Waals surface area contributed by atoms with E-state index in [1.165, 1.54) is 10.8 Å². The van der Waals surface area contributed by atoms with Gasteiger partial charge in [-0.3, -0.25) is 0 Å². The first-order valence-electron chi connectivity index (χ1n) is 9.28. The number of amides is 2. The van der Waals surface area contributed by atoms with Gasteiger partial charge in [0.15, 0.2) is 0 Å². The van der Waals surface area contributed by atoms with Crippen LogP contribution in [-0.2, 0) is 6.54 Å². The molecule has 0 bridgehead atoms. The van der Waals surface area contributed by atoms with E-state index in [1.807, 2.05) is 54.1 Å². The molecule has 4 rings (SSSR count). The van der Waals surface area contributed by atoms with E-state index in [4.69, 9.17) is 0 Å². The van der Waals surface area contributed by atoms with E-state index in [1.54, 1.807) is 12.5 Å². The fourth-order valence-electron chi connectivity index (χ4n) is 3.21. The van der Waals surface area contributed by atoms with Gasteiger partial charge < -0.3 is 15.2 Å². The fraction of sp³-hybridized carbons (Fsp3) is 0.130. The summed E-state index contributed by atoms with van der Waals surface area (Å²) in [6.45, 7) is 2.74. The molecule has 5 heteroatoms. The maximum Gasteiger partial charge on any atom is 0.319 e. The van der Waals surface area contributed by atoms with Crippen molar-refractivity contribution in [1.29, 1.82) is 0 Å². The molecule has 0 aliphatic rings. The zero-order chi connectivity index (χ0) is 19.3. The summed E-state index contributed by atoms with van der Waals surface area (Å²) in [5, 5.41) is 8.26. The molecule has 1 aromatic heterocycles. The number of hydrogen-bond donors (Lipinski definition) is 2. The van der Waals surface area contributed by atoms with Crippen molar-refractivity contribution in [3.8, 4) is 0 Å². The summed E-state index contributed by atoms with van der Waals surface area (Å²) in [5.74, 6) is 0. The van der Waals surface area contributed by atoms with Crippen molar-refractivity contribution < 1.29 is 4.79 Å². The van der Waals surface area contributed by atoms with Crippen LogP contribution in [0.25, 0.3) is 10.8 Å². The first-order chi connectivity index (χ1) is 13.7. The highest BCUT2D eigenvalue weighted by molar-refractivity contribution is 5.89. The second-order valence-electron chi connectivity index (χ2n) is 6.86. The molecular weight excluding hydrogens is 348 g/mol. The highest BCUT2D eigenvalue weighted by Gasteiger charge is 2.10. The lowest BCUT2D eigenvalue weighted by Gasteiger charge is -2.16. The number of imidazole rings is 1. The maximum absolute atomic E-state index is 12.4. The lowest BCUT2D eigenvalue weighted by atomic mass is 10.0. The molecule has 0 saturated carbocycles. The molecule has 4 aromatic rings. The highest BCUT2D eigenvalue weighted by Crippen LogP contribution is 2.20. The van der Waals surface area contributed by atoms with Crippen LogP contribution < -0.4 is 10.6 Å². The standard InChI is InChI=1S/C23H22N4O/c1-17(20-9-8-19-4-2-3-5-21(19)14-20)25-23(28)26-22-10-6-18(7-11-22)15-27-13-12-24-16-27/h2-14,16-17H,15H2,1H3,(H2,25,26,28). The number of nitrogens with zero attached hydrogens (tertiary/aromatic N) is 2. The summed E-state index contributed by atoms with van der Waals surface area (Å²) in [7, 11) is 0. The summed E-state index contributed by atoms with van der Waals surface area (Å²) in [5.41, 5.74) is 2.98. The van der Waals surface area contributed by atoms with Crippen LogP contribution in [0, 0.1) is 0 Å². The van der Waals surface area contributed by atoms with Crippen LogP contribution >= 0.6 is 0 Å². The van der Waals surface area contributed by atoms with Crippen LogP contribution in [0.2, 0.25) is 0 Å². The second-order valence-corrected chi connectivity index (χ2v) is 6.86. The van der Waals surface area contributed by atoms with Gasteiger partial charge in [-0.15, -0.1) is 0 Å². The number of carbonyl (C=O) groups excluding carboxylic acids is 1. The molecule has 3 aromatic carbocycles. The topological polar surface area (TPSA) is 59.0 Å². The Kier molecular flexibility index (Phi) is 5.06. The van der Waals surface area contributed by atoms with Gasteiger partial charge in [0, 0.05) is 24.6 Å². The van der Waals surface area contributed by atoms with Gasteiger partial charge in [0.05, 0.1) is 12.4 Å². The van der Waals surface area contributed by atoms with E-state index in [2.05, 4.69) is 45.9 Å². The van der Waals surface area contributed by atoms with Gasteiger partial charge in [0.2, 0.25) is 0 Å². The third-order valence-corrected chi connectivity index (χ3v) is 4.76. The van der Waals surface area contributed by atoms with Crippen molar-refractivity contribution in [2.75, 3.05) is 5.32 Å².